The van der Waals surface area contributed by atoms with Crippen molar-refractivity contribution in [1.29, 1.82) is 0 Å². The van der Waals surface area contributed by atoms with Crippen molar-refractivity contribution in [2.24, 2.45) is 16.7 Å². The summed E-state index contributed by atoms with van der Waals surface area (Å²) in [6.07, 6.45) is -5.08. The van der Waals surface area contributed by atoms with E-state index in [1.165, 1.54) is 20.8 Å². The van der Waals surface area contributed by atoms with Gasteiger partial charge in [0.2, 0.25) is 0 Å². The molecule has 3 aliphatic carbocycles. The van der Waals surface area contributed by atoms with Crippen LogP contribution >= 0.6 is 0 Å². The summed E-state index contributed by atoms with van der Waals surface area (Å²) in [6, 6.07) is 0. The van der Waals surface area contributed by atoms with Crippen LogP contribution in [0.1, 0.15) is 67.7 Å². The predicted octanol–water partition coefficient (Wildman–Crippen LogP) is 1.18. The minimum Gasteiger partial charge on any atom is -0.458 e. The Morgan fingerprint density at radius 2 is 1.58 bits per heavy atom. The van der Waals surface area contributed by atoms with Gasteiger partial charge in [-0.3, -0.25) is 14.4 Å². The molecular formula is C26H38O10. The van der Waals surface area contributed by atoms with Crippen LogP contribution in [0, 0.1) is 16.7 Å². The number of rotatable bonds is 3. The molecule has 0 unspecified atom stereocenters. The van der Waals surface area contributed by atoms with Crippen molar-refractivity contribution >= 4 is 17.9 Å². The second-order valence-corrected chi connectivity index (χ2v) is 11.8. The molecule has 0 aromatic rings. The number of ether oxygens (including phenoxy) is 4. The Balaban J connectivity index is 1.99. The summed E-state index contributed by atoms with van der Waals surface area (Å²) in [5.41, 5.74) is -4.10. The average Bonchev–Trinajstić information content (AvgIpc) is 2.73. The summed E-state index contributed by atoms with van der Waals surface area (Å²) in [7, 11) is 0. The summed E-state index contributed by atoms with van der Waals surface area (Å²) in [5.74, 6) is -2.51. The molecule has 3 N–H and O–H groups in total. The molecule has 4 rings (SSSR count). The second-order valence-electron chi connectivity index (χ2n) is 11.8. The van der Waals surface area contributed by atoms with Crippen LogP contribution < -0.4 is 0 Å². The number of hydrogen-bond donors (Lipinski definition) is 3. The van der Waals surface area contributed by atoms with E-state index in [9.17, 15) is 29.7 Å². The predicted molar refractivity (Wildman–Crippen MR) is 124 cm³/mol. The maximum absolute atomic E-state index is 12.4. The Morgan fingerprint density at radius 3 is 2.08 bits per heavy atom. The quantitative estimate of drug-likeness (QED) is 0.287. The van der Waals surface area contributed by atoms with Crippen molar-refractivity contribution < 1.29 is 48.7 Å². The van der Waals surface area contributed by atoms with Gasteiger partial charge >= 0.3 is 17.9 Å². The molecule has 0 spiro atoms. The van der Waals surface area contributed by atoms with Crippen LogP contribution in [-0.2, 0) is 33.3 Å². The summed E-state index contributed by atoms with van der Waals surface area (Å²) >= 11 is 0. The van der Waals surface area contributed by atoms with Gasteiger partial charge in [-0.05, 0) is 24.5 Å². The lowest BCUT2D eigenvalue weighted by molar-refractivity contribution is -0.346. The molecule has 0 aromatic carbocycles. The molecule has 36 heavy (non-hydrogen) atoms. The highest BCUT2D eigenvalue weighted by Crippen LogP contribution is 2.64. The van der Waals surface area contributed by atoms with Gasteiger partial charge in [0.25, 0.3) is 0 Å². The maximum Gasteiger partial charge on any atom is 0.303 e. The van der Waals surface area contributed by atoms with Gasteiger partial charge in [0, 0.05) is 50.4 Å². The van der Waals surface area contributed by atoms with Crippen LogP contribution in [0.4, 0.5) is 0 Å². The summed E-state index contributed by atoms with van der Waals surface area (Å²) in [4.78, 5) is 36.5. The smallest absolute Gasteiger partial charge is 0.303 e. The highest BCUT2D eigenvalue weighted by Gasteiger charge is 2.73. The van der Waals surface area contributed by atoms with Crippen molar-refractivity contribution in [3.8, 4) is 0 Å². The first-order valence-corrected chi connectivity index (χ1v) is 12.5. The zero-order valence-corrected chi connectivity index (χ0v) is 22.0. The normalized spacial score (nSPS) is 45.2. The first kappa shape index (κ1) is 27.0. The topological polar surface area (TPSA) is 149 Å². The van der Waals surface area contributed by atoms with Gasteiger partial charge in [-0.15, -0.1) is 0 Å². The van der Waals surface area contributed by atoms with Crippen LogP contribution in [0.5, 0.6) is 0 Å². The summed E-state index contributed by atoms with van der Waals surface area (Å²) in [6.45, 7) is 10.8. The number of esters is 3. The Bertz CT molecular complexity index is 1000. The van der Waals surface area contributed by atoms with Crippen molar-refractivity contribution in [2.75, 3.05) is 6.61 Å². The molecule has 1 saturated heterocycles. The van der Waals surface area contributed by atoms with E-state index < -0.39 is 76.4 Å². The van der Waals surface area contributed by atoms with Gasteiger partial charge in [0.15, 0.2) is 11.7 Å². The zero-order valence-electron chi connectivity index (χ0n) is 22.0. The number of aliphatic hydroxyl groups is 3. The Hall–Kier alpha value is -2.01. The van der Waals surface area contributed by atoms with E-state index in [-0.39, 0.29) is 25.9 Å². The monoisotopic (exact) mass is 510 g/mol. The number of carbonyl (C=O) groups excluding carboxylic acids is 3. The molecular weight excluding hydrogens is 472 g/mol. The van der Waals surface area contributed by atoms with E-state index in [2.05, 4.69) is 0 Å². The third-order valence-electron chi connectivity index (χ3n) is 9.50. The van der Waals surface area contributed by atoms with E-state index >= 15 is 0 Å². The van der Waals surface area contributed by atoms with Gasteiger partial charge in [0.1, 0.15) is 18.3 Å². The van der Waals surface area contributed by atoms with E-state index in [1.54, 1.807) is 27.7 Å². The van der Waals surface area contributed by atoms with Crippen molar-refractivity contribution in [3.63, 3.8) is 0 Å². The largest absolute Gasteiger partial charge is 0.458 e. The standard InChI is InChI=1S/C26H38O10/c1-12-16(34-13(2)27)9-25(32)10-17-24(7,18(30)8-19-26(17,11-33-19)36-15(4)29)22(31)21(35-14(3)28)20(12)23(25,5)6/h16-19,21-22,30-32H,8-11H2,1-7H3/t16-,17-,18-,19+,21+,22-,24-,25-,26+/m0/s1. The van der Waals surface area contributed by atoms with E-state index in [1.807, 2.05) is 0 Å². The Kier molecular flexibility index (Phi) is 6.39. The zero-order chi connectivity index (χ0) is 27.0. The first-order valence-electron chi connectivity index (χ1n) is 12.5. The average molecular weight is 511 g/mol. The number of aliphatic hydroxyl groups excluding tert-OH is 2. The lowest BCUT2D eigenvalue weighted by Crippen LogP contribution is -2.78. The summed E-state index contributed by atoms with van der Waals surface area (Å²) < 4.78 is 22.9. The van der Waals surface area contributed by atoms with Crippen molar-refractivity contribution in [1.82, 2.24) is 0 Å². The second kappa shape index (κ2) is 8.51. The van der Waals surface area contributed by atoms with Crippen LogP contribution in [0.2, 0.25) is 0 Å². The van der Waals surface area contributed by atoms with Crippen LogP contribution in [-0.4, -0.2) is 81.6 Å². The fourth-order valence-electron chi connectivity index (χ4n) is 7.41. The number of fused-ring (bicyclic) bond motifs is 5. The van der Waals surface area contributed by atoms with E-state index in [4.69, 9.17) is 18.9 Å². The van der Waals surface area contributed by atoms with Crippen LogP contribution in [0.3, 0.4) is 0 Å². The SMILES string of the molecule is CC(=O)O[C@H]1C[C@]2(O)C[C@@H]3[C@]4(OC(C)=O)CO[C@@H]4C[C@H](O)[C@@]3(C)[C@@H](O)[C@H](OC(C)=O)C(=C1C)C2(C)C. The number of carbonyl (C=O) groups is 3. The van der Waals surface area contributed by atoms with Crippen LogP contribution in [0.25, 0.3) is 0 Å². The molecule has 202 valence electrons. The molecule has 3 fully saturated rings. The third-order valence-corrected chi connectivity index (χ3v) is 9.50. The highest BCUT2D eigenvalue weighted by atomic mass is 16.6. The minimum absolute atomic E-state index is 0.0130. The Labute approximate surface area is 210 Å². The molecule has 2 bridgehead atoms. The first-order chi connectivity index (χ1) is 16.5. The molecule has 0 radical (unpaired) electrons. The number of hydrogen-bond acceptors (Lipinski definition) is 10. The third kappa shape index (κ3) is 3.63. The van der Waals surface area contributed by atoms with Gasteiger partial charge in [0.05, 0.1) is 18.3 Å². The van der Waals surface area contributed by atoms with Gasteiger partial charge in [-0.1, -0.05) is 20.8 Å². The van der Waals surface area contributed by atoms with Crippen molar-refractivity contribution in [2.45, 2.75) is 109 Å². The van der Waals surface area contributed by atoms with Gasteiger partial charge in [-0.25, -0.2) is 0 Å². The van der Waals surface area contributed by atoms with Crippen LogP contribution in [0.15, 0.2) is 11.1 Å². The minimum atomic E-state index is -1.54. The fraction of sp³-hybridized carbons (Fsp3) is 0.808. The molecule has 10 nitrogen and oxygen atoms in total. The molecule has 10 heteroatoms. The lowest BCUT2D eigenvalue weighted by atomic mass is 9.45. The lowest BCUT2D eigenvalue weighted by Gasteiger charge is -2.67. The van der Waals surface area contributed by atoms with Gasteiger partial charge < -0.3 is 34.3 Å². The van der Waals surface area contributed by atoms with E-state index in [0.717, 1.165) is 0 Å². The molecule has 2 saturated carbocycles. The molecule has 0 aromatic heterocycles. The molecule has 1 heterocycles. The van der Waals surface area contributed by atoms with Gasteiger partial charge in [-0.2, -0.15) is 0 Å². The molecule has 4 aliphatic rings. The Morgan fingerprint density at radius 1 is 0.972 bits per heavy atom. The maximum atomic E-state index is 12.4. The van der Waals surface area contributed by atoms with Crippen molar-refractivity contribution in [3.05, 3.63) is 11.1 Å². The fourth-order valence-corrected chi connectivity index (χ4v) is 7.41. The molecule has 0 amide bonds. The molecule has 9 atom stereocenters. The summed E-state index contributed by atoms with van der Waals surface area (Å²) in [5, 5.41) is 35.8. The molecule has 1 aliphatic heterocycles. The highest BCUT2D eigenvalue weighted by molar-refractivity contribution is 5.68. The van der Waals surface area contributed by atoms with E-state index in [0.29, 0.717) is 11.1 Å².